The predicted octanol–water partition coefficient (Wildman–Crippen LogP) is 4.23. The average Bonchev–Trinajstić information content (AvgIpc) is 3.10. The Labute approximate surface area is 182 Å². The van der Waals surface area contributed by atoms with E-state index in [1.165, 1.54) is 11.8 Å². The standard InChI is InChI=1S/C20H22IN5OS/c1-14(25(2)3)19-23-24-20(26(19)17-10-5-4-6-11-17)28-13-18(27)22-16-9-7-8-15(21)12-16/h4-12,14H,13H2,1-3H3,(H,22,27)/t14-/m0/s1. The minimum absolute atomic E-state index is 0.0724. The van der Waals surface area contributed by atoms with Gasteiger partial charge in [0.15, 0.2) is 11.0 Å². The smallest absolute Gasteiger partial charge is 0.234 e. The summed E-state index contributed by atoms with van der Waals surface area (Å²) in [5.41, 5.74) is 1.78. The van der Waals surface area contributed by atoms with Gasteiger partial charge >= 0.3 is 0 Å². The van der Waals surface area contributed by atoms with Crippen molar-refractivity contribution in [2.24, 2.45) is 0 Å². The van der Waals surface area contributed by atoms with Gasteiger partial charge in [-0.15, -0.1) is 10.2 Å². The second-order valence-corrected chi connectivity index (χ2v) is 8.69. The second-order valence-electron chi connectivity index (χ2n) is 6.50. The van der Waals surface area contributed by atoms with E-state index < -0.39 is 0 Å². The van der Waals surface area contributed by atoms with E-state index >= 15 is 0 Å². The number of amides is 1. The number of benzene rings is 2. The van der Waals surface area contributed by atoms with Crippen molar-refractivity contribution in [2.75, 3.05) is 25.2 Å². The van der Waals surface area contributed by atoms with Gasteiger partial charge in [-0.1, -0.05) is 36.0 Å². The number of anilines is 1. The predicted molar refractivity (Wildman–Crippen MR) is 122 cm³/mol. The number of carbonyl (C=O) groups excluding carboxylic acids is 1. The topological polar surface area (TPSA) is 63.1 Å². The Bertz CT molecular complexity index is 945. The van der Waals surface area contributed by atoms with E-state index in [1.807, 2.05) is 73.3 Å². The van der Waals surface area contributed by atoms with Gasteiger partial charge in [-0.2, -0.15) is 0 Å². The van der Waals surface area contributed by atoms with Crippen molar-refractivity contribution in [1.29, 1.82) is 0 Å². The highest BCUT2D eigenvalue weighted by atomic mass is 127. The molecule has 0 bridgehead atoms. The Kier molecular flexibility index (Phi) is 7.08. The fourth-order valence-electron chi connectivity index (χ4n) is 2.59. The zero-order valence-electron chi connectivity index (χ0n) is 16.0. The van der Waals surface area contributed by atoms with Crippen LogP contribution in [0, 0.1) is 3.57 Å². The largest absolute Gasteiger partial charge is 0.325 e. The fourth-order valence-corrected chi connectivity index (χ4v) is 3.89. The molecule has 1 amide bonds. The van der Waals surface area contributed by atoms with Gasteiger partial charge in [0.05, 0.1) is 11.8 Å². The van der Waals surface area contributed by atoms with Crippen molar-refractivity contribution in [2.45, 2.75) is 18.1 Å². The van der Waals surface area contributed by atoms with Gasteiger partial charge < -0.3 is 5.32 Å². The maximum absolute atomic E-state index is 12.4. The zero-order chi connectivity index (χ0) is 20.1. The summed E-state index contributed by atoms with van der Waals surface area (Å²) in [6.07, 6.45) is 0. The number of hydrogen-bond acceptors (Lipinski definition) is 5. The molecule has 146 valence electrons. The summed E-state index contributed by atoms with van der Waals surface area (Å²) >= 11 is 3.61. The van der Waals surface area contributed by atoms with Crippen molar-refractivity contribution in [3.8, 4) is 5.69 Å². The maximum Gasteiger partial charge on any atom is 0.234 e. The van der Waals surface area contributed by atoms with Crippen molar-refractivity contribution >= 4 is 45.9 Å². The lowest BCUT2D eigenvalue weighted by Gasteiger charge is -2.20. The lowest BCUT2D eigenvalue weighted by molar-refractivity contribution is -0.113. The molecule has 1 atom stereocenters. The second kappa shape index (κ2) is 9.53. The molecule has 28 heavy (non-hydrogen) atoms. The third-order valence-corrected chi connectivity index (χ3v) is 5.86. The minimum atomic E-state index is -0.0724. The van der Waals surface area contributed by atoms with Crippen LogP contribution in [0.1, 0.15) is 18.8 Å². The molecule has 6 nitrogen and oxygen atoms in total. The third-order valence-electron chi connectivity index (χ3n) is 4.26. The van der Waals surface area contributed by atoms with Gasteiger partial charge in [-0.05, 0) is 73.9 Å². The summed E-state index contributed by atoms with van der Waals surface area (Å²) in [7, 11) is 4.02. The molecule has 3 aromatic rings. The first-order chi connectivity index (χ1) is 13.5. The molecule has 3 rings (SSSR count). The Morgan fingerprint density at radius 3 is 2.61 bits per heavy atom. The van der Waals surface area contributed by atoms with E-state index in [1.54, 1.807) is 0 Å². The Hall–Kier alpha value is -1.91. The monoisotopic (exact) mass is 507 g/mol. The van der Waals surface area contributed by atoms with Crippen LogP contribution in [0.25, 0.3) is 5.69 Å². The first-order valence-electron chi connectivity index (χ1n) is 8.81. The molecule has 1 heterocycles. The van der Waals surface area contributed by atoms with Crippen molar-refractivity contribution in [3.05, 3.63) is 64.0 Å². The van der Waals surface area contributed by atoms with E-state index in [0.717, 1.165) is 20.8 Å². The number of rotatable bonds is 7. The van der Waals surface area contributed by atoms with Crippen molar-refractivity contribution in [1.82, 2.24) is 19.7 Å². The zero-order valence-corrected chi connectivity index (χ0v) is 18.9. The highest BCUT2D eigenvalue weighted by Gasteiger charge is 2.21. The minimum Gasteiger partial charge on any atom is -0.325 e. The molecule has 0 aliphatic carbocycles. The molecule has 0 aliphatic heterocycles. The van der Waals surface area contributed by atoms with E-state index in [4.69, 9.17) is 0 Å². The summed E-state index contributed by atoms with van der Waals surface area (Å²) < 4.78 is 3.10. The van der Waals surface area contributed by atoms with Crippen LogP contribution in [0.5, 0.6) is 0 Å². The van der Waals surface area contributed by atoms with Crippen molar-refractivity contribution < 1.29 is 4.79 Å². The molecule has 1 aromatic heterocycles. The number of hydrogen-bond donors (Lipinski definition) is 1. The molecule has 2 aromatic carbocycles. The molecule has 0 fully saturated rings. The van der Waals surface area contributed by atoms with E-state index in [0.29, 0.717) is 5.16 Å². The van der Waals surface area contributed by atoms with E-state index in [-0.39, 0.29) is 17.7 Å². The van der Waals surface area contributed by atoms with Gasteiger partial charge in [-0.3, -0.25) is 14.3 Å². The molecule has 0 radical (unpaired) electrons. The summed E-state index contributed by atoms with van der Waals surface area (Å²) in [5.74, 6) is 1.03. The van der Waals surface area contributed by atoms with Gasteiger partial charge in [0, 0.05) is 14.9 Å². The van der Waals surface area contributed by atoms with Gasteiger partial charge in [0.1, 0.15) is 0 Å². The van der Waals surface area contributed by atoms with Crippen LogP contribution in [-0.2, 0) is 4.79 Å². The van der Waals surface area contributed by atoms with Crippen LogP contribution in [-0.4, -0.2) is 45.4 Å². The molecule has 0 spiro atoms. The van der Waals surface area contributed by atoms with Crippen LogP contribution in [0.2, 0.25) is 0 Å². The fraction of sp³-hybridized carbons (Fsp3) is 0.250. The number of carbonyl (C=O) groups is 1. The van der Waals surface area contributed by atoms with Crippen molar-refractivity contribution in [3.63, 3.8) is 0 Å². The SMILES string of the molecule is C[C@@H](c1nnc(SCC(=O)Nc2cccc(I)c2)n1-c1ccccc1)N(C)C. The van der Waals surface area contributed by atoms with Crippen LogP contribution in [0.4, 0.5) is 5.69 Å². The number of nitrogens with one attached hydrogen (secondary N) is 1. The number of nitrogens with zero attached hydrogens (tertiary/aromatic N) is 4. The van der Waals surface area contributed by atoms with Crippen LogP contribution in [0.15, 0.2) is 59.8 Å². The number of aromatic nitrogens is 3. The van der Waals surface area contributed by atoms with Gasteiger partial charge in [0.2, 0.25) is 5.91 Å². The van der Waals surface area contributed by atoms with Crippen LogP contribution < -0.4 is 5.32 Å². The van der Waals surface area contributed by atoms with Crippen LogP contribution >= 0.6 is 34.4 Å². The first kappa shape index (κ1) is 20.8. The summed E-state index contributed by atoms with van der Waals surface area (Å²) in [6.45, 7) is 2.08. The normalized spacial score (nSPS) is 12.2. The number of thioether (sulfide) groups is 1. The summed E-state index contributed by atoms with van der Waals surface area (Å²) in [5, 5.41) is 12.4. The van der Waals surface area contributed by atoms with Gasteiger partial charge in [0.25, 0.3) is 0 Å². The Morgan fingerprint density at radius 2 is 1.93 bits per heavy atom. The summed E-state index contributed by atoms with van der Waals surface area (Å²) in [4.78, 5) is 14.5. The molecule has 8 heteroatoms. The highest BCUT2D eigenvalue weighted by molar-refractivity contribution is 14.1. The molecule has 0 unspecified atom stereocenters. The lowest BCUT2D eigenvalue weighted by Crippen LogP contribution is -2.21. The maximum atomic E-state index is 12.4. The Balaban J connectivity index is 1.79. The first-order valence-corrected chi connectivity index (χ1v) is 10.9. The highest BCUT2D eigenvalue weighted by Crippen LogP contribution is 2.26. The van der Waals surface area contributed by atoms with E-state index in [2.05, 4.69) is 49.9 Å². The molecule has 0 saturated heterocycles. The summed E-state index contributed by atoms with van der Waals surface area (Å²) in [6, 6.07) is 17.8. The number of halogens is 1. The van der Waals surface area contributed by atoms with Crippen LogP contribution in [0.3, 0.4) is 0 Å². The molecule has 1 N–H and O–H groups in total. The lowest BCUT2D eigenvalue weighted by atomic mass is 10.2. The molecular weight excluding hydrogens is 485 g/mol. The molecule has 0 aliphatic rings. The van der Waals surface area contributed by atoms with Gasteiger partial charge in [-0.25, -0.2) is 0 Å². The quantitative estimate of drug-likeness (QED) is 0.383. The molecule has 0 saturated carbocycles. The average molecular weight is 507 g/mol. The van der Waals surface area contributed by atoms with E-state index in [9.17, 15) is 4.79 Å². The molecular formula is C20H22IN5OS. The Morgan fingerprint density at radius 1 is 1.18 bits per heavy atom. The third kappa shape index (κ3) is 5.12. The number of para-hydroxylation sites is 1.